The molecule has 0 unspecified atom stereocenters. The fraction of sp³-hybridized carbons (Fsp3) is 0.375. The Kier molecular flexibility index (Phi) is 2.65. The molecule has 0 radical (unpaired) electrons. The van der Waals surface area contributed by atoms with E-state index in [-0.39, 0.29) is 5.78 Å². The van der Waals surface area contributed by atoms with Crippen LogP contribution in [0, 0.1) is 0 Å². The van der Waals surface area contributed by atoms with Crippen LogP contribution in [0.4, 0.5) is 0 Å². The molecule has 0 aromatic carbocycles. The zero-order chi connectivity index (χ0) is 7.56. The maximum absolute atomic E-state index is 11.0. The van der Waals surface area contributed by atoms with E-state index in [1.165, 1.54) is 0 Å². The lowest BCUT2D eigenvalue weighted by atomic mass is 9.95. The summed E-state index contributed by atoms with van der Waals surface area (Å²) in [4.78, 5) is 11.0. The average Bonchev–Trinajstić information content (AvgIpc) is 1.95. The maximum atomic E-state index is 11.0. The van der Waals surface area contributed by atoms with Gasteiger partial charge < -0.3 is 0 Å². The van der Waals surface area contributed by atoms with Gasteiger partial charge in [0.1, 0.15) is 0 Å². The molecule has 0 spiro atoms. The number of rotatable bonds is 1. The molecule has 1 rings (SSSR count). The minimum Gasteiger partial charge on any atom is -0.294 e. The first-order valence-electron chi connectivity index (χ1n) is 3.23. The Bertz CT molecular complexity index is 203. The number of halogens is 1. The van der Waals surface area contributed by atoms with Crippen molar-refractivity contribution in [2.24, 2.45) is 0 Å². The molecule has 0 atom stereocenters. The van der Waals surface area contributed by atoms with E-state index in [9.17, 15) is 4.79 Å². The van der Waals surface area contributed by atoms with E-state index < -0.39 is 0 Å². The molecule has 2 heteroatoms. The van der Waals surface area contributed by atoms with E-state index in [0.717, 1.165) is 22.0 Å². The molecule has 0 aliphatic heterocycles. The van der Waals surface area contributed by atoms with Crippen molar-refractivity contribution in [3.05, 3.63) is 23.8 Å². The largest absolute Gasteiger partial charge is 0.294 e. The first kappa shape index (κ1) is 7.98. The Morgan fingerprint density at radius 2 is 2.40 bits per heavy atom. The van der Waals surface area contributed by atoms with Crippen LogP contribution in [-0.2, 0) is 4.79 Å². The molecular weight excluding hydrogens is 239 g/mol. The first-order valence-corrected chi connectivity index (χ1v) is 4.75. The highest BCUT2D eigenvalue weighted by atomic mass is 127. The lowest BCUT2D eigenvalue weighted by Gasteiger charge is -2.11. The summed E-state index contributed by atoms with van der Waals surface area (Å²) in [6.45, 7) is 3.72. The van der Waals surface area contributed by atoms with Crippen LogP contribution in [0.1, 0.15) is 12.8 Å². The van der Waals surface area contributed by atoms with E-state index in [2.05, 4.69) is 35.2 Å². The van der Waals surface area contributed by atoms with Crippen molar-refractivity contribution in [3.8, 4) is 0 Å². The SMILES string of the molecule is C=C1C(=O)CCC=C1CI. The number of hydrogen-bond acceptors (Lipinski definition) is 1. The average molecular weight is 248 g/mol. The monoisotopic (exact) mass is 248 g/mol. The molecule has 54 valence electrons. The molecule has 0 saturated carbocycles. The maximum Gasteiger partial charge on any atom is 0.162 e. The minimum atomic E-state index is 0.217. The van der Waals surface area contributed by atoms with Crippen LogP contribution in [0.25, 0.3) is 0 Å². The van der Waals surface area contributed by atoms with Crippen LogP contribution in [-0.4, -0.2) is 10.2 Å². The summed E-state index contributed by atoms with van der Waals surface area (Å²) in [7, 11) is 0. The summed E-state index contributed by atoms with van der Waals surface area (Å²) >= 11 is 2.25. The fourth-order valence-corrected chi connectivity index (χ4v) is 1.74. The summed E-state index contributed by atoms with van der Waals surface area (Å²) in [5.41, 5.74) is 1.84. The highest BCUT2D eigenvalue weighted by Gasteiger charge is 2.14. The summed E-state index contributed by atoms with van der Waals surface area (Å²) in [6.07, 6.45) is 3.66. The van der Waals surface area contributed by atoms with Gasteiger partial charge in [-0.3, -0.25) is 4.79 Å². The first-order chi connectivity index (χ1) is 4.75. The van der Waals surface area contributed by atoms with Gasteiger partial charge in [-0.25, -0.2) is 0 Å². The summed E-state index contributed by atoms with van der Waals surface area (Å²) in [6, 6.07) is 0. The zero-order valence-corrected chi connectivity index (χ0v) is 7.85. The third-order valence-electron chi connectivity index (χ3n) is 1.63. The normalized spacial score (nSPS) is 19.1. The van der Waals surface area contributed by atoms with Gasteiger partial charge in [0.25, 0.3) is 0 Å². The molecule has 0 saturated heterocycles. The molecule has 0 N–H and O–H groups in total. The second kappa shape index (κ2) is 3.32. The van der Waals surface area contributed by atoms with Gasteiger partial charge in [-0.2, -0.15) is 0 Å². The molecule has 10 heavy (non-hydrogen) atoms. The van der Waals surface area contributed by atoms with Gasteiger partial charge in [-0.05, 0) is 12.0 Å². The van der Waals surface area contributed by atoms with Crippen LogP contribution < -0.4 is 0 Å². The van der Waals surface area contributed by atoms with Gasteiger partial charge in [0.15, 0.2) is 5.78 Å². The Morgan fingerprint density at radius 3 is 2.90 bits per heavy atom. The van der Waals surface area contributed by atoms with Crippen molar-refractivity contribution in [1.82, 2.24) is 0 Å². The molecule has 0 bridgehead atoms. The van der Waals surface area contributed by atoms with Crippen molar-refractivity contribution in [1.29, 1.82) is 0 Å². The van der Waals surface area contributed by atoms with Crippen molar-refractivity contribution >= 4 is 28.4 Å². The van der Waals surface area contributed by atoms with Crippen molar-refractivity contribution in [2.45, 2.75) is 12.8 Å². The summed E-state index contributed by atoms with van der Waals surface area (Å²) < 4.78 is 0.905. The molecular formula is C8H9IO. The van der Waals surface area contributed by atoms with Gasteiger partial charge in [0.05, 0.1) is 0 Å². The number of alkyl halides is 1. The second-order valence-electron chi connectivity index (χ2n) is 2.30. The molecule has 1 nitrogen and oxygen atoms in total. The van der Waals surface area contributed by atoms with Crippen molar-refractivity contribution in [3.63, 3.8) is 0 Å². The molecule has 0 aromatic heterocycles. The van der Waals surface area contributed by atoms with Crippen molar-refractivity contribution in [2.75, 3.05) is 4.43 Å². The highest BCUT2D eigenvalue weighted by Crippen LogP contribution is 2.20. The summed E-state index contributed by atoms with van der Waals surface area (Å²) in [5.74, 6) is 0.217. The zero-order valence-electron chi connectivity index (χ0n) is 5.69. The van der Waals surface area contributed by atoms with Gasteiger partial charge in [-0.15, -0.1) is 0 Å². The standard InChI is InChI=1S/C8H9IO/c1-6-7(5-9)3-2-4-8(6)10/h3H,1-2,4-5H2. The van der Waals surface area contributed by atoms with Crippen LogP contribution in [0.2, 0.25) is 0 Å². The summed E-state index contributed by atoms with van der Waals surface area (Å²) in [5, 5.41) is 0. The Labute approximate surface area is 74.3 Å². The van der Waals surface area contributed by atoms with E-state index in [4.69, 9.17) is 0 Å². The lowest BCUT2D eigenvalue weighted by Crippen LogP contribution is -2.08. The van der Waals surface area contributed by atoms with Crippen LogP contribution in [0.3, 0.4) is 0 Å². The highest BCUT2D eigenvalue weighted by molar-refractivity contribution is 14.1. The predicted molar refractivity (Wildman–Crippen MR) is 50.4 cm³/mol. The molecule has 0 aromatic rings. The minimum absolute atomic E-state index is 0.217. The van der Waals surface area contributed by atoms with Gasteiger partial charge >= 0.3 is 0 Å². The molecule has 0 heterocycles. The fourth-order valence-electron chi connectivity index (χ4n) is 0.966. The van der Waals surface area contributed by atoms with Gasteiger partial charge in [0.2, 0.25) is 0 Å². The number of Topliss-reactive ketones (excluding diaryl/α,β-unsaturated/α-hetero) is 1. The van der Waals surface area contributed by atoms with E-state index in [1.807, 2.05) is 0 Å². The number of allylic oxidation sites excluding steroid dienone is 3. The van der Waals surface area contributed by atoms with E-state index >= 15 is 0 Å². The van der Waals surface area contributed by atoms with Crippen LogP contribution in [0.15, 0.2) is 23.8 Å². The number of carbonyl (C=O) groups is 1. The Morgan fingerprint density at radius 1 is 1.70 bits per heavy atom. The number of ketones is 1. The third-order valence-corrected chi connectivity index (χ3v) is 2.45. The lowest BCUT2D eigenvalue weighted by molar-refractivity contribution is -0.115. The quantitative estimate of drug-likeness (QED) is 0.395. The number of hydrogen-bond donors (Lipinski definition) is 0. The van der Waals surface area contributed by atoms with E-state index in [1.54, 1.807) is 0 Å². The topological polar surface area (TPSA) is 17.1 Å². The van der Waals surface area contributed by atoms with Crippen molar-refractivity contribution < 1.29 is 4.79 Å². The number of carbonyl (C=O) groups excluding carboxylic acids is 1. The second-order valence-corrected chi connectivity index (χ2v) is 3.07. The van der Waals surface area contributed by atoms with Crippen LogP contribution in [0.5, 0.6) is 0 Å². The predicted octanol–water partition coefficient (Wildman–Crippen LogP) is 2.27. The molecule has 0 fully saturated rings. The van der Waals surface area contributed by atoms with Gasteiger partial charge in [0, 0.05) is 16.4 Å². The van der Waals surface area contributed by atoms with Crippen LogP contribution >= 0.6 is 22.6 Å². The molecule has 1 aliphatic carbocycles. The van der Waals surface area contributed by atoms with Gasteiger partial charge in [-0.1, -0.05) is 35.2 Å². The van der Waals surface area contributed by atoms with E-state index in [0.29, 0.717) is 6.42 Å². The third kappa shape index (κ3) is 1.48. The molecule has 1 aliphatic rings. The smallest absolute Gasteiger partial charge is 0.162 e. The molecule has 0 amide bonds. The Hall–Kier alpha value is -0.120. The Balaban J connectivity index is 2.81.